The first kappa shape index (κ1) is 24.6. The second-order valence-corrected chi connectivity index (χ2v) is 11.6. The quantitative estimate of drug-likeness (QED) is 0.176. The summed E-state index contributed by atoms with van der Waals surface area (Å²) < 4.78 is 5.12. The van der Waals surface area contributed by atoms with Gasteiger partial charge in [-0.1, -0.05) is 94.6 Å². The topological polar surface area (TPSA) is 9.03 Å². The number of para-hydroxylation sites is 1. The fraction of sp³-hybridized carbons (Fsp3) is 0.382. The van der Waals surface area contributed by atoms with Crippen LogP contribution in [0.15, 0.2) is 60.7 Å². The molecule has 0 spiro atoms. The molecule has 5 aromatic rings. The van der Waals surface area contributed by atoms with E-state index < -0.39 is 0 Å². The van der Waals surface area contributed by atoms with Gasteiger partial charge in [0.1, 0.15) is 0 Å². The molecule has 0 saturated heterocycles. The summed E-state index contributed by atoms with van der Waals surface area (Å²) in [6.45, 7) is 20.9. The number of rotatable bonds is 5. The number of pyridine rings is 1. The first-order valence-corrected chi connectivity index (χ1v) is 13.7. The number of hydrogen-bond acceptors (Lipinski definition) is 0. The van der Waals surface area contributed by atoms with Crippen molar-refractivity contribution >= 4 is 27.2 Å². The highest BCUT2D eigenvalue weighted by molar-refractivity contribution is 6.13. The smallest absolute Gasteiger partial charge is 0.149 e. The zero-order chi connectivity index (χ0) is 25.9. The minimum atomic E-state index is 0.324. The fourth-order valence-electron chi connectivity index (χ4n) is 6.28. The Labute approximate surface area is 216 Å². The Bertz CT molecular complexity index is 1570. The molecule has 0 aliphatic heterocycles. The predicted molar refractivity (Wildman–Crippen MR) is 155 cm³/mol. The Morgan fingerprint density at radius 1 is 0.528 bits per heavy atom. The van der Waals surface area contributed by atoms with Crippen molar-refractivity contribution in [3.05, 3.63) is 83.0 Å². The number of fused-ring (bicyclic) bond motifs is 6. The van der Waals surface area contributed by atoms with Crippen molar-refractivity contribution in [1.29, 1.82) is 0 Å². The maximum atomic E-state index is 2.57. The van der Waals surface area contributed by atoms with Gasteiger partial charge < -0.3 is 0 Å². The maximum absolute atomic E-state index is 2.57. The van der Waals surface area contributed by atoms with Gasteiger partial charge in [0.15, 0.2) is 0 Å². The Balaban J connectivity index is 2.17. The number of aromatic nitrogens is 2. The normalized spacial score (nSPS) is 12.5. The van der Waals surface area contributed by atoms with Gasteiger partial charge in [0.25, 0.3) is 5.52 Å². The summed E-state index contributed by atoms with van der Waals surface area (Å²) >= 11 is 0. The van der Waals surface area contributed by atoms with E-state index in [1.54, 1.807) is 0 Å². The minimum Gasteiger partial charge on any atom is -0.149 e. The SMILES string of the molecule is Cc1c(-c2c(C(C)C)cccc2C(C)C)c2c3ccccc3c3cccc(C(C)C)c3[n+]2n1C(C)C. The van der Waals surface area contributed by atoms with Crippen molar-refractivity contribution in [3.63, 3.8) is 0 Å². The van der Waals surface area contributed by atoms with Crippen molar-refractivity contribution in [2.75, 3.05) is 0 Å². The molecule has 0 radical (unpaired) electrons. The minimum absolute atomic E-state index is 0.324. The molecule has 0 unspecified atom stereocenters. The highest BCUT2D eigenvalue weighted by Gasteiger charge is 2.34. The third-order valence-corrected chi connectivity index (χ3v) is 7.86. The van der Waals surface area contributed by atoms with Crippen LogP contribution in [0.25, 0.3) is 38.3 Å². The highest BCUT2D eigenvalue weighted by Crippen LogP contribution is 2.43. The van der Waals surface area contributed by atoms with Crippen molar-refractivity contribution in [2.45, 2.75) is 86.1 Å². The zero-order valence-electron chi connectivity index (χ0n) is 23.5. The molecule has 0 bridgehead atoms. The van der Waals surface area contributed by atoms with Crippen molar-refractivity contribution in [2.24, 2.45) is 0 Å². The van der Waals surface area contributed by atoms with Crippen molar-refractivity contribution < 1.29 is 4.52 Å². The van der Waals surface area contributed by atoms with Crippen LogP contribution in [0.2, 0.25) is 0 Å². The van der Waals surface area contributed by atoms with Crippen LogP contribution in [0.3, 0.4) is 0 Å². The molecule has 0 amide bonds. The third-order valence-electron chi connectivity index (χ3n) is 7.86. The number of nitrogens with zero attached hydrogens (tertiary/aromatic N) is 2. The zero-order valence-corrected chi connectivity index (χ0v) is 23.5. The number of hydrogen-bond donors (Lipinski definition) is 0. The molecule has 0 atom stereocenters. The van der Waals surface area contributed by atoms with Gasteiger partial charge in [0, 0.05) is 10.9 Å². The van der Waals surface area contributed by atoms with Gasteiger partial charge in [-0.3, -0.25) is 0 Å². The van der Waals surface area contributed by atoms with Crippen molar-refractivity contribution in [1.82, 2.24) is 4.68 Å². The maximum Gasteiger partial charge on any atom is 0.254 e. The van der Waals surface area contributed by atoms with Crippen LogP contribution in [0.5, 0.6) is 0 Å². The van der Waals surface area contributed by atoms with Crippen molar-refractivity contribution in [3.8, 4) is 11.1 Å². The van der Waals surface area contributed by atoms with Crippen LogP contribution in [-0.2, 0) is 0 Å². The molecule has 0 aliphatic carbocycles. The Morgan fingerprint density at radius 2 is 1.00 bits per heavy atom. The van der Waals surface area contributed by atoms with Crippen LogP contribution in [-0.4, -0.2) is 4.68 Å². The molecule has 0 saturated carbocycles. The van der Waals surface area contributed by atoms with Gasteiger partial charge in [-0.2, -0.15) is 0 Å². The van der Waals surface area contributed by atoms with E-state index in [9.17, 15) is 0 Å². The van der Waals surface area contributed by atoms with E-state index in [4.69, 9.17) is 0 Å². The second-order valence-electron chi connectivity index (χ2n) is 11.6. The summed E-state index contributed by atoms with van der Waals surface area (Å²) in [6.07, 6.45) is 0. The monoisotopic (exact) mass is 477 g/mol. The molecule has 2 nitrogen and oxygen atoms in total. The van der Waals surface area contributed by atoms with Crippen LogP contribution < -0.4 is 4.52 Å². The van der Waals surface area contributed by atoms with E-state index in [0.717, 1.165) is 0 Å². The summed E-state index contributed by atoms with van der Waals surface area (Å²) in [4.78, 5) is 0. The molecule has 0 N–H and O–H groups in total. The average molecular weight is 478 g/mol. The van der Waals surface area contributed by atoms with E-state index in [2.05, 4.69) is 132 Å². The van der Waals surface area contributed by atoms with Crippen LogP contribution in [0.1, 0.15) is 102 Å². The lowest BCUT2D eigenvalue weighted by atomic mass is 9.84. The van der Waals surface area contributed by atoms with E-state index in [-0.39, 0.29) is 0 Å². The predicted octanol–water partition coefficient (Wildman–Crippen LogP) is 9.46. The standard InChI is InChI=1S/C34H41N2/c1-20(2)25-16-12-17-26(21(3)4)32(25)31-24(9)35(23(7)8)36-33-27(22(5)6)18-13-19-29(33)28-14-10-11-15-30(28)34(31)36/h10-23H,1-9H3/q+1. The lowest BCUT2D eigenvalue weighted by Gasteiger charge is -2.19. The highest BCUT2D eigenvalue weighted by atomic mass is 15.4. The summed E-state index contributed by atoms with van der Waals surface area (Å²) in [5.41, 5.74) is 11.1. The lowest BCUT2D eigenvalue weighted by Crippen LogP contribution is -2.36. The molecule has 5 rings (SSSR count). The molecule has 186 valence electrons. The van der Waals surface area contributed by atoms with Gasteiger partial charge in [-0.05, 0) is 67.3 Å². The summed E-state index contributed by atoms with van der Waals surface area (Å²) in [5, 5.41) is 4.00. The van der Waals surface area contributed by atoms with Crippen LogP contribution in [0.4, 0.5) is 0 Å². The molecular formula is C34H41N2+. The van der Waals surface area contributed by atoms with E-state index in [1.807, 2.05) is 0 Å². The van der Waals surface area contributed by atoms with E-state index in [0.29, 0.717) is 23.8 Å². The Kier molecular flexibility index (Phi) is 6.19. The molecule has 3 aromatic carbocycles. The van der Waals surface area contributed by atoms with E-state index in [1.165, 1.54) is 60.7 Å². The molecule has 2 aromatic heterocycles. The molecule has 2 heteroatoms. The molecule has 2 heterocycles. The Hall–Kier alpha value is -3.13. The molecule has 0 aliphatic rings. The first-order chi connectivity index (χ1) is 17.1. The third kappa shape index (κ3) is 3.57. The fourth-order valence-corrected chi connectivity index (χ4v) is 6.28. The molecular weight excluding hydrogens is 436 g/mol. The lowest BCUT2D eigenvalue weighted by molar-refractivity contribution is -0.586. The first-order valence-electron chi connectivity index (χ1n) is 13.7. The van der Waals surface area contributed by atoms with Crippen LogP contribution >= 0.6 is 0 Å². The Morgan fingerprint density at radius 3 is 1.56 bits per heavy atom. The summed E-state index contributed by atoms with van der Waals surface area (Å²) in [7, 11) is 0. The van der Waals surface area contributed by atoms with E-state index >= 15 is 0 Å². The van der Waals surface area contributed by atoms with Gasteiger partial charge in [0.2, 0.25) is 5.52 Å². The van der Waals surface area contributed by atoms with Crippen LogP contribution in [0, 0.1) is 6.92 Å². The largest absolute Gasteiger partial charge is 0.254 e. The molecule has 0 fully saturated rings. The second kappa shape index (κ2) is 9.07. The average Bonchev–Trinajstić information content (AvgIpc) is 3.15. The van der Waals surface area contributed by atoms with Gasteiger partial charge in [-0.15, -0.1) is 4.68 Å². The summed E-state index contributed by atoms with van der Waals surface area (Å²) in [5.74, 6) is 1.32. The molecule has 36 heavy (non-hydrogen) atoms. The van der Waals surface area contributed by atoms with Gasteiger partial charge >= 0.3 is 0 Å². The number of benzene rings is 3. The van der Waals surface area contributed by atoms with Gasteiger partial charge in [-0.25, -0.2) is 0 Å². The van der Waals surface area contributed by atoms with Gasteiger partial charge in [0.05, 0.1) is 28.1 Å². The summed E-state index contributed by atoms with van der Waals surface area (Å²) in [6, 6.07) is 23.2.